The lowest BCUT2D eigenvalue weighted by Gasteiger charge is -2.07. The van der Waals surface area contributed by atoms with Crippen molar-refractivity contribution < 1.29 is 9.53 Å². The highest BCUT2D eigenvalue weighted by Crippen LogP contribution is 2.19. The minimum absolute atomic E-state index is 0.0672. The van der Waals surface area contributed by atoms with E-state index < -0.39 is 0 Å². The Hall–Kier alpha value is -2.35. The smallest absolute Gasteiger partial charge is 0.159 e. The van der Waals surface area contributed by atoms with E-state index in [4.69, 9.17) is 4.74 Å². The van der Waals surface area contributed by atoms with Gasteiger partial charge >= 0.3 is 0 Å². The molecule has 2 aromatic carbocycles. The SMILES string of the molecule is CO/C(=C\c1ccccc1)c1ccc(C(C)=O)cc1. The Kier molecular flexibility index (Phi) is 4.14. The van der Waals surface area contributed by atoms with E-state index in [0.29, 0.717) is 5.56 Å². The molecule has 0 amide bonds. The fourth-order valence-electron chi connectivity index (χ4n) is 1.83. The van der Waals surface area contributed by atoms with Gasteiger partial charge in [0.2, 0.25) is 0 Å². The fourth-order valence-corrected chi connectivity index (χ4v) is 1.83. The molecule has 2 aromatic rings. The van der Waals surface area contributed by atoms with Gasteiger partial charge in [-0.15, -0.1) is 0 Å². The molecular weight excluding hydrogens is 236 g/mol. The molecule has 0 aliphatic carbocycles. The van der Waals surface area contributed by atoms with Crippen LogP contribution in [0, 0.1) is 0 Å². The lowest BCUT2D eigenvalue weighted by Crippen LogP contribution is -1.93. The zero-order valence-corrected chi connectivity index (χ0v) is 11.1. The van der Waals surface area contributed by atoms with Crippen LogP contribution in [0.15, 0.2) is 54.6 Å². The van der Waals surface area contributed by atoms with Gasteiger partial charge in [0.1, 0.15) is 5.76 Å². The molecule has 0 fully saturated rings. The minimum atomic E-state index is 0.0672. The molecule has 0 aromatic heterocycles. The van der Waals surface area contributed by atoms with E-state index in [0.717, 1.165) is 16.9 Å². The summed E-state index contributed by atoms with van der Waals surface area (Å²) < 4.78 is 5.42. The first-order valence-corrected chi connectivity index (χ1v) is 6.13. The molecule has 0 radical (unpaired) electrons. The first kappa shape index (κ1) is 13.1. The number of carbonyl (C=O) groups is 1. The molecule has 0 heterocycles. The molecule has 96 valence electrons. The summed E-state index contributed by atoms with van der Waals surface area (Å²) in [6, 6.07) is 17.4. The molecule has 0 atom stereocenters. The Morgan fingerprint density at radius 1 is 0.947 bits per heavy atom. The number of hydrogen-bond donors (Lipinski definition) is 0. The van der Waals surface area contributed by atoms with Crippen LogP contribution in [0.1, 0.15) is 28.4 Å². The second-order valence-corrected chi connectivity index (χ2v) is 4.26. The molecule has 0 N–H and O–H groups in total. The first-order valence-electron chi connectivity index (χ1n) is 6.13. The molecule has 0 unspecified atom stereocenters. The summed E-state index contributed by atoms with van der Waals surface area (Å²) in [7, 11) is 1.65. The summed E-state index contributed by atoms with van der Waals surface area (Å²) in [6.45, 7) is 1.56. The van der Waals surface area contributed by atoms with Gasteiger partial charge in [-0.25, -0.2) is 0 Å². The van der Waals surface area contributed by atoms with E-state index in [-0.39, 0.29) is 5.78 Å². The summed E-state index contributed by atoms with van der Waals surface area (Å²) in [5.74, 6) is 0.846. The van der Waals surface area contributed by atoms with Crippen LogP contribution in [0.2, 0.25) is 0 Å². The van der Waals surface area contributed by atoms with E-state index >= 15 is 0 Å². The number of benzene rings is 2. The fraction of sp³-hybridized carbons (Fsp3) is 0.118. The average molecular weight is 252 g/mol. The molecule has 19 heavy (non-hydrogen) atoms. The van der Waals surface area contributed by atoms with E-state index in [9.17, 15) is 4.79 Å². The van der Waals surface area contributed by atoms with Gasteiger partial charge in [-0.2, -0.15) is 0 Å². The zero-order chi connectivity index (χ0) is 13.7. The maximum Gasteiger partial charge on any atom is 0.159 e. The van der Waals surface area contributed by atoms with Crippen molar-refractivity contribution in [2.45, 2.75) is 6.92 Å². The van der Waals surface area contributed by atoms with Crippen LogP contribution >= 0.6 is 0 Å². The Labute approximate surface area is 113 Å². The van der Waals surface area contributed by atoms with Crippen molar-refractivity contribution >= 4 is 17.6 Å². The lowest BCUT2D eigenvalue weighted by molar-refractivity contribution is 0.101. The quantitative estimate of drug-likeness (QED) is 0.466. The number of ether oxygens (including phenoxy) is 1. The predicted molar refractivity (Wildman–Crippen MR) is 77.8 cm³/mol. The van der Waals surface area contributed by atoms with Crippen LogP contribution in [0.4, 0.5) is 0 Å². The predicted octanol–water partition coefficient (Wildman–Crippen LogP) is 4.03. The number of ketones is 1. The van der Waals surface area contributed by atoms with Crippen molar-refractivity contribution in [3.05, 3.63) is 71.3 Å². The molecule has 0 saturated carbocycles. The molecule has 0 spiro atoms. The molecular formula is C17H16O2. The third kappa shape index (κ3) is 3.32. The highest BCUT2D eigenvalue weighted by Gasteiger charge is 2.04. The van der Waals surface area contributed by atoms with E-state index in [1.165, 1.54) is 0 Å². The summed E-state index contributed by atoms with van der Waals surface area (Å²) in [5, 5.41) is 0. The topological polar surface area (TPSA) is 26.3 Å². The van der Waals surface area contributed by atoms with Crippen molar-refractivity contribution in [1.29, 1.82) is 0 Å². The van der Waals surface area contributed by atoms with E-state index in [1.54, 1.807) is 14.0 Å². The number of rotatable bonds is 4. The second kappa shape index (κ2) is 6.01. The lowest BCUT2D eigenvalue weighted by atomic mass is 10.1. The summed E-state index contributed by atoms with van der Waals surface area (Å²) in [6.07, 6.45) is 1.97. The maximum absolute atomic E-state index is 11.2. The minimum Gasteiger partial charge on any atom is -0.496 e. The van der Waals surface area contributed by atoms with E-state index in [2.05, 4.69) is 0 Å². The third-order valence-corrected chi connectivity index (χ3v) is 2.89. The van der Waals surface area contributed by atoms with Gasteiger partial charge in [0.15, 0.2) is 5.78 Å². The van der Waals surface area contributed by atoms with Gasteiger partial charge in [0.25, 0.3) is 0 Å². The van der Waals surface area contributed by atoms with Crippen LogP contribution in [-0.4, -0.2) is 12.9 Å². The Morgan fingerprint density at radius 3 is 2.05 bits per heavy atom. The molecule has 0 aliphatic rings. The Bertz CT molecular complexity index is 580. The molecule has 2 heteroatoms. The highest BCUT2D eigenvalue weighted by atomic mass is 16.5. The molecule has 0 saturated heterocycles. The van der Waals surface area contributed by atoms with Gasteiger partial charge in [-0.05, 0) is 18.6 Å². The van der Waals surface area contributed by atoms with Crippen LogP contribution in [0.25, 0.3) is 11.8 Å². The van der Waals surface area contributed by atoms with E-state index in [1.807, 2.05) is 60.7 Å². The average Bonchev–Trinajstić information content (AvgIpc) is 2.46. The first-order chi connectivity index (χ1) is 9.20. The highest BCUT2D eigenvalue weighted by molar-refractivity contribution is 5.94. The van der Waals surface area contributed by atoms with Crippen molar-refractivity contribution in [3.8, 4) is 0 Å². The number of hydrogen-bond acceptors (Lipinski definition) is 2. The number of methoxy groups -OCH3 is 1. The van der Waals surface area contributed by atoms with Crippen molar-refractivity contribution in [1.82, 2.24) is 0 Å². The van der Waals surface area contributed by atoms with Gasteiger partial charge < -0.3 is 4.74 Å². The van der Waals surface area contributed by atoms with Gasteiger partial charge in [-0.3, -0.25) is 4.79 Å². The van der Waals surface area contributed by atoms with Crippen molar-refractivity contribution in [2.75, 3.05) is 7.11 Å². The van der Waals surface area contributed by atoms with Gasteiger partial charge in [0, 0.05) is 11.1 Å². The largest absolute Gasteiger partial charge is 0.496 e. The Morgan fingerprint density at radius 2 is 1.53 bits per heavy atom. The van der Waals surface area contributed by atoms with Crippen LogP contribution in [0.3, 0.4) is 0 Å². The summed E-state index contributed by atoms with van der Waals surface area (Å²) >= 11 is 0. The van der Waals surface area contributed by atoms with Crippen LogP contribution in [-0.2, 0) is 4.74 Å². The standard InChI is InChI=1S/C17H16O2/c1-13(18)15-8-10-16(11-9-15)17(19-2)12-14-6-4-3-5-7-14/h3-12H,1-2H3/b17-12-. The van der Waals surface area contributed by atoms with Crippen LogP contribution < -0.4 is 0 Å². The zero-order valence-electron chi connectivity index (χ0n) is 11.1. The third-order valence-electron chi connectivity index (χ3n) is 2.89. The molecule has 2 nitrogen and oxygen atoms in total. The second-order valence-electron chi connectivity index (χ2n) is 4.26. The molecule has 0 bridgehead atoms. The monoisotopic (exact) mass is 252 g/mol. The summed E-state index contributed by atoms with van der Waals surface area (Å²) in [5.41, 5.74) is 2.74. The maximum atomic E-state index is 11.2. The summed E-state index contributed by atoms with van der Waals surface area (Å²) in [4.78, 5) is 11.2. The van der Waals surface area contributed by atoms with Crippen LogP contribution in [0.5, 0.6) is 0 Å². The molecule has 2 rings (SSSR count). The number of Topliss-reactive ketones (excluding diaryl/α,β-unsaturated/α-hetero) is 1. The van der Waals surface area contributed by atoms with Crippen molar-refractivity contribution in [2.24, 2.45) is 0 Å². The van der Waals surface area contributed by atoms with Gasteiger partial charge in [0.05, 0.1) is 7.11 Å². The normalized spacial score (nSPS) is 11.2. The Balaban J connectivity index is 2.32. The van der Waals surface area contributed by atoms with Crippen molar-refractivity contribution in [3.63, 3.8) is 0 Å². The molecule has 0 aliphatic heterocycles. The van der Waals surface area contributed by atoms with Gasteiger partial charge in [-0.1, -0.05) is 54.6 Å². The number of carbonyl (C=O) groups excluding carboxylic acids is 1.